The Kier molecular flexibility index (Phi) is 6.58. The van der Waals surface area contributed by atoms with Crippen molar-refractivity contribution in [3.63, 3.8) is 0 Å². The number of furan rings is 1. The number of nitrogens with zero attached hydrogens (tertiary/aromatic N) is 1. The van der Waals surface area contributed by atoms with Crippen LogP contribution in [0.25, 0.3) is 0 Å². The summed E-state index contributed by atoms with van der Waals surface area (Å²) in [5.74, 6) is 0.0539. The minimum atomic E-state index is -3.81. The van der Waals surface area contributed by atoms with Crippen LogP contribution in [0.3, 0.4) is 0 Å². The fourth-order valence-corrected chi connectivity index (χ4v) is 3.87. The first kappa shape index (κ1) is 20.5. The quantitative estimate of drug-likeness (QED) is 0.439. The largest absolute Gasteiger partial charge is 0.463 e. The van der Waals surface area contributed by atoms with Crippen molar-refractivity contribution in [2.24, 2.45) is 5.10 Å². The van der Waals surface area contributed by atoms with Gasteiger partial charge in [-0.25, -0.2) is 18.6 Å². The van der Waals surface area contributed by atoms with Crippen LogP contribution < -0.4 is 10.1 Å². The Morgan fingerprint density at radius 1 is 1.07 bits per heavy atom. The van der Waals surface area contributed by atoms with Gasteiger partial charge in [-0.2, -0.15) is 5.10 Å². The zero-order valence-electron chi connectivity index (χ0n) is 15.8. The summed E-state index contributed by atoms with van der Waals surface area (Å²) in [5.41, 5.74) is 4.02. The minimum absolute atomic E-state index is 0.120. The van der Waals surface area contributed by atoms with Crippen molar-refractivity contribution in [3.8, 4) is 0 Å². The molecular weight excluding hydrogens is 390 g/mol. The third-order valence-electron chi connectivity index (χ3n) is 4.14. The smallest absolute Gasteiger partial charge is 0.242 e. The summed E-state index contributed by atoms with van der Waals surface area (Å²) < 4.78 is 33.3. The van der Waals surface area contributed by atoms with E-state index in [2.05, 4.69) is 15.2 Å². The van der Waals surface area contributed by atoms with E-state index >= 15 is 0 Å². The molecule has 2 N–H and O–H groups in total. The molecule has 1 heterocycles. The van der Waals surface area contributed by atoms with Gasteiger partial charge in [-0.3, -0.25) is 4.79 Å². The highest BCUT2D eigenvalue weighted by molar-refractivity contribution is 7.89. The predicted octanol–water partition coefficient (Wildman–Crippen LogP) is 3.15. The number of sulfonamides is 1. The lowest BCUT2D eigenvalue weighted by Crippen LogP contribution is -2.32. The second-order valence-electron chi connectivity index (χ2n) is 6.41. The molecule has 1 amide bonds. The van der Waals surface area contributed by atoms with Crippen molar-refractivity contribution < 1.29 is 17.6 Å². The van der Waals surface area contributed by atoms with E-state index in [0.29, 0.717) is 11.3 Å². The Bertz CT molecular complexity index is 1060. The first-order valence-electron chi connectivity index (χ1n) is 8.93. The number of hydrogen-bond acceptors (Lipinski definition) is 5. The lowest BCUT2D eigenvalue weighted by Gasteiger charge is -2.18. The molecule has 2 aromatic carbocycles. The molecular formula is C21H21N3O4S. The Morgan fingerprint density at radius 2 is 1.79 bits per heavy atom. The molecule has 7 nitrogen and oxygen atoms in total. The van der Waals surface area contributed by atoms with Gasteiger partial charge in [-0.15, -0.1) is 0 Å². The number of rotatable bonds is 8. The van der Waals surface area contributed by atoms with E-state index in [1.165, 1.54) is 24.6 Å². The van der Waals surface area contributed by atoms with Crippen molar-refractivity contribution in [1.82, 2.24) is 10.1 Å². The fourth-order valence-electron chi connectivity index (χ4n) is 2.65. The van der Waals surface area contributed by atoms with Gasteiger partial charge < -0.3 is 4.42 Å². The molecule has 0 saturated heterocycles. The lowest BCUT2D eigenvalue weighted by molar-refractivity contribution is -0.121. The highest BCUT2D eigenvalue weighted by atomic mass is 32.2. The molecule has 0 aliphatic heterocycles. The van der Waals surface area contributed by atoms with Gasteiger partial charge in [-0.05, 0) is 36.8 Å². The molecule has 8 heteroatoms. The van der Waals surface area contributed by atoms with Crippen molar-refractivity contribution >= 4 is 22.1 Å². The number of nitrogens with one attached hydrogen (secondary N) is 2. The van der Waals surface area contributed by atoms with Gasteiger partial charge in [0.2, 0.25) is 15.9 Å². The molecule has 150 valence electrons. The van der Waals surface area contributed by atoms with Crippen molar-refractivity contribution in [2.45, 2.75) is 24.3 Å². The molecule has 3 rings (SSSR count). The predicted molar refractivity (Wildman–Crippen MR) is 110 cm³/mol. The molecule has 1 aromatic heterocycles. The average molecular weight is 411 g/mol. The Hall–Kier alpha value is -3.23. The van der Waals surface area contributed by atoms with Gasteiger partial charge in [0.25, 0.3) is 0 Å². The number of amides is 1. The van der Waals surface area contributed by atoms with Crippen molar-refractivity contribution in [1.29, 1.82) is 0 Å². The Balaban J connectivity index is 1.74. The maximum absolute atomic E-state index is 12.8. The summed E-state index contributed by atoms with van der Waals surface area (Å²) in [6.07, 6.45) is 2.74. The van der Waals surface area contributed by atoms with E-state index in [9.17, 15) is 13.2 Å². The van der Waals surface area contributed by atoms with Crippen LogP contribution in [0, 0.1) is 6.92 Å². The normalized spacial score (nSPS) is 12.7. The number of carbonyl (C=O) groups excluding carboxylic acids is 1. The minimum Gasteiger partial charge on any atom is -0.463 e. The van der Waals surface area contributed by atoms with Crippen LogP contribution in [0.5, 0.6) is 0 Å². The van der Waals surface area contributed by atoms with Gasteiger partial charge in [-0.1, -0.05) is 48.0 Å². The number of carbonyl (C=O) groups is 1. The van der Waals surface area contributed by atoms with Crippen LogP contribution in [-0.4, -0.2) is 20.5 Å². The maximum Gasteiger partial charge on any atom is 0.242 e. The number of aryl methyl sites for hydroxylation is 1. The summed E-state index contributed by atoms with van der Waals surface area (Å²) in [6, 6.07) is 18.1. The molecule has 0 aliphatic carbocycles. The standard InChI is InChI=1S/C21H21N3O4S/c1-16-9-11-19(12-10-16)29(26,27)24-20(17-6-3-2-4-7-17)14-21(25)23-22-15-18-8-5-13-28-18/h2-13,15,20,24H,14H2,1H3,(H,23,25)/b22-15-/t20-/m0/s1. The van der Waals surface area contributed by atoms with Gasteiger partial charge in [0.05, 0.1) is 23.4 Å². The third kappa shape index (κ3) is 5.87. The average Bonchev–Trinajstić information content (AvgIpc) is 3.22. The van der Waals surface area contributed by atoms with Gasteiger partial charge in [0, 0.05) is 6.42 Å². The highest BCUT2D eigenvalue weighted by Gasteiger charge is 2.23. The van der Waals surface area contributed by atoms with Gasteiger partial charge in [0.15, 0.2) is 0 Å². The Morgan fingerprint density at radius 3 is 2.45 bits per heavy atom. The second kappa shape index (κ2) is 9.31. The monoisotopic (exact) mass is 411 g/mol. The van der Waals surface area contributed by atoms with E-state index in [1.54, 1.807) is 48.5 Å². The van der Waals surface area contributed by atoms with E-state index in [-0.39, 0.29) is 11.3 Å². The lowest BCUT2D eigenvalue weighted by atomic mass is 10.0. The van der Waals surface area contributed by atoms with Crippen LogP contribution in [0.2, 0.25) is 0 Å². The molecule has 0 saturated carbocycles. The topological polar surface area (TPSA) is 101 Å². The van der Waals surface area contributed by atoms with Crippen molar-refractivity contribution in [3.05, 3.63) is 89.9 Å². The highest BCUT2D eigenvalue weighted by Crippen LogP contribution is 2.20. The van der Waals surface area contributed by atoms with Crippen LogP contribution >= 0.6 is 0 Å². The van der Waals surface area contributed by atoms with Crippen LogP contribution in [0.15, 0.2) is 87.4 Å². The Labute approximate surface area is 169 Å². The van der Waals surface area contributed by atoms with Crippen LogP contribution in [0.1, 0.15) is 29.3 Å². The zero-order valence-corrected chi connectivity index (χ0v) is 16.6. The van der Waals surface area contributed by atoms with E-state index < -0.39 is 22.0 Å². The van der Waals surface area contributed by atoms with E-state index in [0.717, 1.165) is 5.56 Å². The fraction of sp³-hybridized carbons (Fsp3) is 0.143. The summed E-state index contributed by atoms with van der Waals surface area (Å²) in [7, 11) is -3.81. The second-order valence-corrected chi connectivity index (χ2v) is 8.12. The number of hydrogen-bond donors (Lipinski definition) is 2. The van der Waals surface area contributed by atoms with Crippen molar-refractivity contribution in [2.75, 3.05) is 0 Å². The SMILES string of the molecule is Cc1ccc(S(=O)(=O)N[C@@H](CC(=O)N/N=C\c2ccco2)c2ccccc2)cc1. The summed E-state index contributed by atoms with van der Waals surface area (Å²) >= 11 is 0. The maximum atomic E-state index is 12.8. The van der Waals surface area contributed by atoms with Gasteiger partial charge >= 0.3 is 0 Å². The molecule has 0 bridgehead atoms. The van der Waals surface area contributed by atoms with E-state index in [1.807, 2.05) is 13.0 Å². The van der Waals surface area contributed by atoms with Gasteiger partial charge in [0.1, 0.15) is 5.76 Å². The molecule has 29 heavy (non-hydrogen) atoms. The summed E-state index contributed by atoms with van der Waals surface area (Å²) in [4.78, 5) is 12.5. The van der Waals surface area contributed by atoms with E-state index in [4.69, 9.17) is 4.42 Å². The molecule has 3 aromatic rings. The summed E-state index contributed by atoms with van der Waals surface area (Å²) in [5, 5.41) is 3.83. The molecule has 0 spiro atoms. The number of benzene rings is 2. The molecule has 0 aliphatic rings. The third-order valence-corrected chi connectivity index (χ3v) is 5.63. The summed E-state index contributed by atoms with van der Waals surface area (Å²) in [6.45, 7) is 1.88. The molecule has 0 unspecified atom stereocenters. The molecule has 0 fully saturated rings. The first-order chi connectivity index (χ1) is 13.9. The first-order valence-corrected chi connectivity index (χ1v) is 10.4. The number of hydrazone groups is 1. The van der Waals surface area contributed by atoms with Crippen LogP contribution in [0.4, 0.5) is 0 Å². The molecule has 0 radical (unpaired) electrons. The molecule has 1 atom stereocenters. The van der Waals surface area contributed by atoms with Crippen LogP contribution in [-0.2, 0) is 14.8 Å². The zero-order chi connectivity index (χ0) is 20.7.